The van der Waals surface area contributed by atoms with Crippen LogP contribution in [0.1, 0.15) is 45.4 Å². The largest absolute Gasteiger partial charge is 0.392 e. The van der Waals surface area contributed by atoms with Crippen molar-refractivity contribution in [2.75, 3.05) is 5.75 Å². The van der Waals surface area contributed by atoms with Crippen molar-refractivity contribution in [2.24, 2.45) is 0 Å². The third-order valence-electron chi connectivity index (χ3n) is 2.55. The van der Waals surface area contributed by atoms with Crippen LogP contribution in [0.4, 0.5) is 0 Å². The van der Waals surface area contributed by atoms with Crippen LogP contribution in [0.3, 0.4) is 0 Å². The second-order valence-electron chi connectivity index (χ2n) is 3.66. The van der Waals surface area contributed by atoms with Gasteiger partial charge in [-0.3, -0.25) is 0 Å². The van der Waals surface area contributed by atoms with Crippen LogP contribution in [0.25, 0.3) is 0 Å². The lowest BCUT2D eigenvalue weighted by molar-refractivity contribution is 0.195. The van der Waals surface area contributed by atoms with Gasteiger partial charge < -0.3 is 5.11 Å². The molecule has 0 aromatic rings. The first kappa shape index (κ1) is 10.4. The highest BCUT2D eigenvalue weighted by molar-refractivity contribution is 7.99. The fourth-order valence-corrected chi connectivity index (χ4v) is 2.99. The highest BCUT2D eigenvalue weighted by Crippen LogP contribution is 2.28. The molecule has 0 aromatic carbocycles. The van der Waals surface area contributed by atoms with Gasteiger partial charge in [-0.15, -0.1) is 0 Å². The molecule has 1 atom stereocenters. The predicted octanol–water partition coefficient (Wildman–Crippen LogP) is 2.82. The Labute approximate surface area is 79.9 Å². The van der Waals surface area contributed by atoms with E-state index >= 15 is 0 Å². The van der Waals surface area contributed by atoms with Crippen LogP contribution >= 0.6 is 11.8 Å². The molecule has 0 amide bonds. The van der Waals surface area contributed by atoms with Crippen LogP contribution in [0.5, 0.6) is 0 Å². The summed E-state index contributed by atoms with van der Waals surface area (Å²) in [5.74, 6) is 0.946. The molecule has 2 heteroatoms. The van der Waals surface area contributed by atoms with E-state index in [4.69, 9.17) is 0 Å². The highest BCUT2D eigenvalue weighted by atomic mass is 32.2. The summed E-state index contributed by atoms with van der Waals surface area (Å²) >= 11 is 1.98. The van der Waals surface area contributed by atoms with Crippen molar-refractivity contribution < 1.29 is 5.11 Å². The zero-order valence-corrected chi connectivity index (χ0v) is 8.78. The minimum absolute atomic E-state index is 0.0723. The lowest BCUT2D eigenvalue weighted by Crippen LogP contribution is -2.14. The second kappa shape index (κ2) is 5.87. The molecule has 1 N–H and O–H groups in total. The van der Waals surface area contributed by atoms with E-state index in [-0.39, 0.29) is 6.10 Å². The van der Waals surface area contributed by atoms with Gasteiger partial charge in [-0.25, -0.2) is 0 Å². The van der Waals surface area contributed by atoms with E-state index in [1.165, 1.54) is 32.1 Å². The molecule has 0 spiro atoms. The van der Waals surface area contributed by atoms with E-state index in [1.54, 1.807) is 0 Å². The summed E-state index contributed by atoms with van der Waals surface area (Å²) in [6.45, 7) is 2.05. The van der Waals surface area contributed by atoms with E-state index in [9.17, 15) is 5.11 Å². The first-order valence-corrected chi connectivity index (χ1v) is 6.17. The molecule has 1 rings (SSSR count). The molecule has 1 unspecified atom stereocenters. The Bertz CT molecular complexity index is 110. The number of thioether (sulfide) groups is 1. The maximum absolute atomic E-state index is 9.37. The Morgan fingerprint density at radius 3 is 2.58 bits per heavy atom. The van der Waals surface area contributed by atoms with Gasteiger partial charge in [0.2, 0.25) is 0 Å². The van der Waals surface area contributed by atoms with Crippen molar-refractivity contribution in [2.45, 2.75) is 56.8 Å². The zero-order valence-electron chi connectivity index (χ0n) is 7.96. The van der Waals surface area contributed by atoms with Gasteiger partial charge in [-0.1, -0.05) is 26.2 Å². The molecule has 1 nitrogen and oxygen atoms in total. The third kappa shape index (κ3) is 3.81. The van der Waals surface area contributed by atoms with Crippen molar-refractivity contribution in [1.82, 2.24) is 0 Å². The quantitative estimate of drug-likeness (QED) is 0.732. The van der Waals surface area contributed by atoms with E-state index < -0.39 is 0 Å². The minimum Gasteiger partial charge on any atom is -0.392 e. The number of rotatable bonds is 4. The molecule has 0 bridgehead atoms. The lowest BCUT2D eigenvalue weighted by atomic mass is 10.0. The summed E-state index contributed by atoms with van der Waals surface area (Å²) in [6.07, 6.45) is 7.81. The lowest BCUT2D eigenvalue weighted by Gasteiger charge is -2.21. The molecular formula is C10H20OS. The first-order chi connectivity index (χ1) is 5.83. The molecule has 72 valence electrons. The Morgan fingerprint density at radius 2 is 2.00 bits per heavy atom. The highest BCUT2D eigenvalue weighted by Gasteiger charge is 2.14. The molecule has 1 saturated carbocycles. The summed E-state index contributed by atoms with van der Waals surface area (Å²) in [7, 11) is 0. The van der Waals surface area contributed by atoms with Crippen molar-refractivity contribution >= 4 is 11.8 Å². The molecule has 0 aliphatic heterocycles. The summed E-state index contributed by atoms with van der Waals surface area (Å²) in [5.41, 5.74) is 0. The number of aliphatic hydroxyl groups excluding tert-OH is 1. The van der Waals surface area contributed by atoms with E-state index in [0.29, 0.717) is 0 Å². The number of hydrogen-bond donors (Lipinski definition) is 1. The van der Waals surface area contributed by atoms with E-state index in [2.05, 4.69) is 0 Å². The average molecular weight is 188 g/mol. The molecule has 0 heterocycles. The third-order valence-corrected chi connectivity index (χ3v) is 4.07. The maximum atomic E-state index is 9.37. The fraction of sp³-hybridized carbons (Fsp3) is 1.00. The molecule has 1 aliphatic carbocycles. The summed E-state index contributed by atoms with van der Waals surface area (Å²) in [5, 5.41) is 10.2. The van der Waals surface area contributed by atoms with Gasteiger partial charge in [0, 0.05) is 11.0 Å². The van der Waals surface area contributed by atoms with Gasteiger partial charge in [0.15, 0.2) is 0 Å². The Kier molecular flexibility index (Phi) is 5.08. The van der Waals surface area contributed by atoms with E-state index in [0.717, 1.165) is 17.4 Å². The minimum atomic E-state index is -0.0723. The smallest absolute Gasteiger partial charge is 0.0628 e. The SMILES string of the molecule is CCC(O)CSC1CCCCC1. The number of hydrogen-bond acceptors (Lipinski definition) is 2. The van der Waals surface area contributed by atoms with Gasteiger partial charge in [-0.05, 0) is 19.3 Å². The van der Waals surface area contributed by atoms with Crippen molar-refractivity contribution in [3.8, 4) is 0 Å². The summed E-state index contributed by atoms with van der Waals surface area (Å²) in [6, 6.07) is 0. The number of aliphatic hydroxyl groups is 1. The molecular weight excluding hydrogens is 168 g/mol. The fourth-order valence-electron chi connectivity index (χ4n) is 1.60. The van der Waals surface area contributed by atoms with Crippen molar-refractivity contribution in [1.29, 1.82) is 0 Å². The summed E-state index contributed by atoms with van der Waals surface area (Å²) in [4.78, 5) is 0. The van der Waals surface area contributed by atoms with Gasteiger partial charge in [0.05, 0.1) is 6.10 Å². The van der Waals surface area contributed by atoms with Crippen LogP contribution in [0.2, 0.25) is 0 Å². The predicted molar refractivity (Wildman–Crippen MR) is 55.6 cm³/mol. The van der Waals surface area contributed by atoms with Crippen LogP contribution in [-0.4, -0.2) is 22.2 Å². The maximum Gasteiger partial charge on any atom is 0.0628 e. The van der Waals surface area contributed by atoms with Crippen LogP contribution in [0.15, 0.2) is 0 Å². The average Bonchev–Trinajstić information content (AvgIpc) is 2.16. The summed E-state index contributed by atoms with van der Waals surface area (Å²) < 4.78 is 0. The Balaban J connectivity index is 2.05. The topological polar surface area (TPSA) is 20.2 Å². The zero-order chi connectivity index (χ0) is 8.81. The van der Waals surface area contributed by atoms with Crippen molar-refractivity contribution in [3.63, 3.8) is 0 Å². The van der Waals surface area contributed by atoms with Gasteiger partial charge in [-0.2, -0.15) is 11.8 Å². The van der Waals surface area contributed by atoms with Crippen LogP contribution in [0, 0.1) is 0 Å². The molecule has 0 aromatic heterocycles. The van der Waals surface area contributed by atoms with Crippen LogP contribution in [-0.2, 0) is 0 Å². The Morgan fingerprint density at radius 1 is 1.33 bits per heavy atom. The van der Waals surface area contributed by atoms with Crippen LogP contribution < -0.4 is 0 Å². The van der Waals surface area contributed by atoms with E-state index in [1.807, 2.05) is 18.7 Å². The molecule has 12 heavy (non-hydrogen) atoms. The molecule has 0 saturated heterocycles. The standard InChI is InChI=1S/C10H20OS/c1-2-9(11)8-12-10-6-4-3-5-7-10/h9-11H,2-8H2,1H3. The molecule has 0 radical (unpaired) electrons. The first-order valence-electron chi connectivity index (χ1n) is 5.12. The van der Waals surface area contributed by atoms with Crippen molar-refractivity contribution in [3.05, 3.63) is 0 Å². The van der Waals surface area contributed by atoms with Gasteiger partial charge in [0.1, 0.15) is 0 Å². The molecule has 1 aliphatic rings. The molecule has 1 fully saturated rings. The monoisotopic (exact) mass is 188 g/mol. The van der Waals surface area contributed by atoms with Gasteiger partial charge in [0.25, 0.3) is 0 Å². The Hall–Kier alpha value is 0.310. The second-order valence-corrected chi connectivity index (χ2v) is 4.99. The van der Waals surface area contributed by atoms with Gasteiger partial charge >= 0.3 is 0 Å². The normalized spacial score (nSPS) is 22.5.